The Balaban J connectivity index is 1.61. The summed E-state index contributed by atoms with van der Waals surface area (Å²) in [7, 11) is -3.40. The van der Waals surface area contributed by atoms with Crippen molar-refractivity contribution in [2.45, 2.75) is 6.92 Å². The van der Waals surface area contributed by atoms with E-state index < -0.39 is 10.0 Å². The van der Waals surface area contributed by atoms with Crippen LogP contribution in [0.25, 0.3) is 5.69 Å². The second-order valence-electron chi connectivity index (χ2n) is 6.12. The second-order valence-corrected chi connectivity index (χ2v) is 9.12. The first-order valence-electron chi connectivity index (χ1n) is 8.53. The molecule has 1 N–H and O–H groups in total. The fraction of sp³-hybridized carbons (Fsp3) is 0.412. The van der Waals surface area contributed by atoms with Gasteiger partial charge < -0.3 is 10.1 Å². The molecule has 0 radical (unpaired) electrons. The summed E-state index contributed by atoms with van der Waals surface area (Å²) in [5.41, 5.74) is 1.94. The van der Waals surface area contributed by atoms with E-state index in [4.69, 9.17) is 4.74 Å². The molecular formula is C17H21BrN4O4S. The molecule has 146 valence electrons. The molecule has 1 aromatic carbocycles. The summed E-state index contributed by atoms with van der Waals surface area (Å²) in [6.45, 7) is 3.36. The largest absolute Gasteiger partial charge is 0.379 e. The van der Waals surface area contributed by atoms with Crippen molar-refractivity contribution in [3.8, 4) is 5.69 Å². The lowest BCUT2D eigenvalue weighted by Gasteiger charge is -2.26. The van der Waals surface area contributed by atoms with Gasteiger partial charge in [-0.25, -0.2) is 13.1 Å². The van der Waals surface area contributed by atoms with Crippen LogP contribution in [0.1, 0.15) is 16.1 Å². The normalized spacial score (nSPS) is 15.6. The molecule has 1 fully saturated rings. The Morgan fingerprint density at radius 2 is 1.93 bits per heavy atom. The van der Waals surface area contributed by atoms with Crippen LogP contribution in [0.2, 0.25) is 0 Å². The maximum atomic E-state index is 12.4. The van der Waals surface area contributed by atoms with Gasteiger partial charge in [-0.15, -0.1) is 0 Å². The fourth-order valence-corrected chi connectivity index (χ4v) is 4.41. The monoisotopic (exact) mass is 456 g/mol. The summed E-state index contributed by atoms with van der Waals surface area (Å²) in [4.78, 5) is 12.4. The molecule has 1 saturated heterocycles. The predicted molar refractivity (Wildman–Crippen MR) is 105 cm³/mol. The van der Waals surface area contributed by atoms with Crippen LogP contribution < -0.4 is 5.32 Å². The standard InChI is InChI=1S/C17H21BrN4O4S/c1-13-16(12-20-22(13)15-4-2-14(18)3-5-15)17(23)19-6-11-27(24,25)21-7-9-26-10-8-21/h2-5,12H,6-11H2,1H3,(H,19,23). The maximum Gasteiger partial charge on any atom is 0.254 e. The molecule has 0 atom stereocenters. The van der Waals surface area contributed by atoms with Crippen LogP contribution in [0.3, 0.4) is 0 Å². The van der Waals surface area contributed by atoms with Gasteiger partial charge in [-0.05, 0) is 31.2 Å². The number of amides is 1. The van der Waals surface area contributed by atoms with Gasteiger partial charge in [-0.2, -0.15) is 9.40 Å². The molecule has 0 bridgehead atoms. The Hall–Kier alpha value is -1.75. The average molecular weight is 457 g/mol. The van der Waals surface area contributed by atoms with Gasteiger partial charge in [0.1, 0.15) is 0 Å². The van der Waals surface area contributed by atoms with Crippen molar-refractivity contribution in [1.29, 1.82) is 0 Å². The van der Waals surface area contributed by atoms with E-state index in [-0.39, 0.29) is 18.2 Å². The first-order chi connectivity index (χ1) is 12.9. The molecule has 1 amide bonds. The number of nitrogens with one attached hydrogen (secondary N) is 1. The maximum absolute atomic E-state index is 12.4. The molecule has 0 spiro atoms. The Morgan fingerprint density at radius 1 is 1.26 bits per heavy atom. The van der Waals surface area contributed by atoms with Crippen molar-refractivity contribution in [1.82, 2.24) is 19.4 Å². The van der Waals surface area contributed by atoms with Crippen LogP contribution in [-0.4, -0.2) is 67.0 Å². The molecule has 1 aliphatic rings. The molecule has 8 nitrogen and oxygen atoms in total. The lowest BCUT2D eigenvalue weighted by Crippen LogP contribution is -2.43. The molecule has 3 rings (SSSR count). The van der Waals surface area contributed by atoms with Crippen molar-refractivity contribution in [2.75, 3.05) is 38.6 Å². The van der Waals surface area contributed by atoms with E-state index in [2.05, 4.69) is 26.3 Å². The Kier molecular flexibility index (Phi) is 6.30. The van der Waals surface area contributed by atoms with E-state index >= 15 is 0 Å². The van der Waals surface area contributed by atoms with Crippen LogP contribution in [0.15, 0.2) is 34.9 Å². The van der Waals surface area contributed by atoms with Crippen LogP contribution in [0, 0.1) is 6.92 Å². The van der Waals surface area contributed by atoms with Crippen molar-refractivity contribution >= 4 is 31.9 Å². The van der Waals surface area contributed by atoms with Crippen LogP contribution in [-0.2, 0) is 14.8 Å². The number of hydrogen-bond donors (Lipinski definition) is 1. The molecule has 1 aromatic heterocycles. The second kappa shape index (κ2) is 8.51. The number of benzene rings is 1. The van der Waals surface area contributed by atoms with E-state index in [1.54, 1.807) is 11.6 Å². The van der Waals surface area contributed by atoms with Crippen LogP contribution in [0.5, 0.6) is 0 Å². The lowest BCUT2D eigenvalue weighted by atomic mass is 10.2. The van der Waals surface area contributed by atoms with Gasteiger partial charge in [0.05, 0.1) is 42.1 Å². The lowest BCUT2D eigenvalue weighted by molar-refractivity contribution is 0.0730. The quantitative estimate of drug-likeness (QED) is 0.707. The summed E-state index contributed by atoms with van der Waals surface area (Å²) in [6.07, 6.45) is 1.49. The predicted octanol–water partition coefficient (Wildman–Crippen LogP) is 1.34. The number of ether oxygens (including phenoxy) is 1. The van der Waals surface area contributed by atoms with Crippen molar-refractivity contribution < 1.29 is 17.9 Å². The first-order valence-corrected chi connectivity index (χ1v) is 10.9. The third-order valence-electron chi connectivity index (χ3n) is 4.33. The SMILES string of the molecule is Cc1c(C(=O)NCCS(=O)(=O)N2CCOCC2)cnn1-c1ccc(Br)cc1. The molecule has 1 aliphatic heterocycles. The number of aromatic nitrogens is 2. The highest BCUT2D eigenvalue weighted by atomic mass is 79.9. The average Bonchev–Trinajstić information content (AvgIpc) is 3.04. The summed E-state index contributed by atoms with van der Waals surface area (Å²) >= 11 is 3.38. The minimum Gasteiger partial charge on any atom is -0.379 e. The number of morpholine rings is 1. The van der Waals surface area contributed by atoms with E-state index in [1.165, 1.54) is 10.5 Å². The Labute approximate surface area is 166 Å². The summed E-state index contributed by atoms with van der Waals surface area (Å²) in [5.74, 6) is -0.480. The minimum atomic E-state index is -3.40. The number of hydrogen-bond acceptors (Lipinski definition) is 5. The third kappa shape index (κ3) is 4.75. The van der Waals surface area contributed by atoms with E-state index in [9.17, 15) is 13.2 Å². The van der Waals surface area contributed by atoms with Gasteiger partial charge in [-0.3, -0.25) is 4.79 Å². The topological polar surface area (TPSA) is 93.5 Å². The van der Waals surface area contributed by atoms with E-state index in [1.807, 2.05) is 24.3 Å². The van der Waals surface area contributed by atoms with Gasteiger partial charge >= 0.3 is 0 Å². The molecule has 0 saturated carbocycles. The van der Waals surface area contributed by atoms with Crippen molar-refractivity contribution in [3.63, 3.8) is 0 Å². The Morgan fingerprint density at radius 3 is 2.59 bits per heavy atom. The number of halogens is 1. The highest BCUT2D eigenvalue weighted by Gasteiger charge is 2.24. The Bertz CT molecular complexity index is 906. The zero-order chi connectivity index (χ0) is 19.4. The van der Waals surface area contributed by atoms with Crippen LogP contribution >= 0.6 is 15.9 Å². The van der Waals surface area contributed by atoms with Gasteiger partial charge in [0, 0.05) is 24.1 Å². The van der Waals surface area contributed by atoms with Gasteiger partial charge in [0.15, 0.2) is 0 Å². The van der Waals surface area contributed by atoms with Gasteiger partial charge in [-0.1, -0.05) is 15.9 Å². The smallest absolute Gasteiger partial charge is 0.254 e. The summed E-state index contributed by atoms with van der Waals surface area (Å²) in [5, 5.41) is 6.94. The fourth-order valence-electron chi connectivity index (χ4n) is 2.82. The number of carbonyl (C=O) groups is 1. The number of nitrogens with zero attached hydrogens (tertiary/aromatic N) is 3. The number of sulfonamides is 1. The first kappa shape index (κ1) is 20.0. The van der Waals surface area contributed by atoms with E-state index in [0.717, 1.165) is 10.2 Å². The molecular weight excluding hydrogens is 436 g/mol. The third-order valence-corrected chi connectivity index (χ3v) is 6.74. The van der Waals surface area contributed by atoms with Crippen molar-refractivity contribution in [2.24, 2.45) is 0 Å². The number of carbonyl (C=O) groups excluding carboxylic acids is 1. The summed E-state index contributed by atoms with van der Waals surface area (Å²) < 4.78 is 33.8. The van der Waals surface area contributed by atoms with Crippen molar-refractivity contribution in [3.05, 3.63) is 46.2 Å². The summed E-state index contributed by atoms with van der Waals surface area (Å²) in [6, 6.07) is 7.57. The molecule has 10 heteroatoms. The van der Waals surface area contributed by atoms with Gasteiger partial charge in [0.2, 0.25) is 10.0 Å². The highest BCUT2D eigenvalue weighted by molar-refractivity contribution is 9.10. The molecule has 27 heavy (non-hydrogen) atoms. The highest BCUT2D eigenvalue weighted by Crippen LogP contribution is 2.17. The van der Waals surface area contributed by atoms with E-state index in [0.29, 0.717) is 37.6 Å². The molecule has 2 heterocycles. The zero-order valence-corrected chi connectivity index (χ0v) is 17.3. The zero-order valence-electron chi connectivity index (χ0n) is 14.9. The number of rotatable bonds is 6. The molecule has 0 unspecified atom stereocenters. The molecule has 2 aromatic rings. The van der Waals surface area contributed by atoms with Gasteiger partial charge in [0.25, 0.3) is 5.91 Å². The molecule has 0 aliphatic carbocycles. The van der Waals surface area contributed by atoms with Crippen LogP contribution in [0.4, 0.5) is 0 Å². The minimum absolute atomic E-state index is 0.0431.